The molecule has 0 aliphatic heterocycles. The first-order chi connectivity index (χ1) is 10.0. The lowest BCUT2D eigenvalue weighted by Gasteiger charge is -2.00. The second-order valence-electron chi connectivity index (χ2n) is 4.34. The van der Waals surface area contributed by atoms with Gasteiger partial charge in [-0.1, -0.05) is 60.7 Å². The van der Waals surface area contributed by atoms with Gasteiger partial charge in [-0.05, 0) is 5.56 Å². The lowest BCUT2D eigenvalue weighted by molar-refractivity contribution is -0.00159. The standard InChI is InChI=1S/C15H12N2O3S/c16-17-15(14(18)13-9-5-2-6-10-13)21(19,20)11-12-7-3-1-4-8-12/h1-10H,11H2. The summed E-state index contributed by atoms with van der Waals surface area (Å²) in [6.45, 7) is 0. The lowest BCUT2D eigenvalue weighted by Crippen LogP contribution is -2.27. The summed E-state index contributed by atoms with van der Waals surface area (Å²) >= 11 is 0. The number of carbonyl (C=O) groups is 1. The molecule has 0 heterocycles. The third kappa shape index (κ3) is 3.51. The molecule has 6 heteroatoms. The molecule has 0 fully saturated rings. The number of rotatable bonds is 4. The maximum Gasteiger partial charge on any atom is 0.452 e. The fraction of sp³-hybridized carbons (Fsp3) is 0.0667. The zero-order valence-electron chi connectivity index (χ0n) is 11.0. The first kappa shape index (κ1) is 14.8. The van der Waals surface area contributed by atoms with Crippen molar-refractivity contribution in [3.8, 4) is 0 Å². The number of Topliss-reactive ketones (excluding diaryl/α,β-unsaturated/α-hetero) is 1. The second kappa shape index (κ2) is 6.26. The van der Waals surface area contributed by atoms with Crippen LogP contribution in [-0.4, -0.2) is 24.0 Å². The molecule has 0 unspecified atom stereocenters. The van der Waals surface area contributed by atoms with Crippen LogP contribution >= 0.6 is 0 Å². The molecule has 106 valence electrons. The molecule has 0 saturated carbocycles. The number of hydrogen-bond acceptors (Lipinski definition) is 3. The van der Waals surface area contributed by atoms with Crippen LogP contribution in [0, 0.1) is 0 Å². The van der Waals surface area contributed by atoms with Gasteiger partial charge in [-0.25, -0.2) is 8.42 Å². The van der Waals surface area contributed by atoms with E-state index in [0.29, 0.717) is 5.56 Å². The van der Waals surface area contributed by atoms with E-state index >= 15 is 0 Å². The molecular formula is C15H12N2O3S. The highest BCUT2D eigenvalue weighted by Crippen LogP contribution is 2.10. The normalized spacial score (nSPS) is 10.7. The summed E-state index contributed by atoms with van der Waals surface area (Å²) in [7, 11) is -4.02. The Hall–Kier alpha value is -2.56. The number of sulfone groups is 1. The molecular weight excluding hydrogens is 288 g/mol. The first-order valence-electron chi connectivity index (χ1n) is 6.13. The van der Waals surface area contributed by atoms with E-state index in [2.05, 4.69) is 4.79 Å². The van der Waals surface area contributed by atoms with Crippen molar-refractivity contribution < 1.29 is 18.0 Å². The number of hydrogen-bond donors (Lipinski definition) is 0. The zero-order chi connectivity index (χ0) is 15.3. The topological polar surface area (TPSA) is 87.6 Å². The Morgan fingerprint density at radius 3 is 2.00 bits per heavy atom. The predicted octanol–water partition coefficient (Wildman–Crippen LogP) is 2.11. The Kier molecular flexibility index (Phi) is 4.42. The van der Waals surface area contributed by atoms with Gasteiger partial charge in [0.05, 0.1) is 5.75 Å². The molecule has 2 rings (SSSR count). The van der Waals surface area contributed by atoms with Crippen molar-refractivity contribution in [2.75, 3.05) is 0 Å². The maximum absolute atomic E-state index is 12.2. The predicted molar refractivity (Wildman–Crippen MR) is 78.5 cm³/mol. The van der Waals surface area contributed by atoms with E-state index in [0.717, 1.165) is 0 Å². The molecule has 0 bridgehead atoms. The number of ketones is 1. The van der Waals surface area contributed by atoms with Crippen molar-refractivity contribution in [1.82, 2.24) is 0 Å². The average Bonchev–Trinajstić information content (AvgIpc) is 2.49. The largest absolute Gasteiger partial charge is 0.452 e. The smallest absolute Gasteiger partial charge is 0.360 e. The van der Waals surface area contributed by atoms with E-state index in [4.69, 9.17) is 5.53 Å². The molecule has 0 atom stereocenters. The van der Waals surface area contributed by atoms with Gasteiger partial charge in [-0.3, -0.25) is 4.79 Å². The van der Waals surface area contributed by atoms with Crippen LogP contribution in [0.1, 0.15) is 15.9 Å². The van der Waals surface area contributed by atoms with Gasteiger partial charge in [0.1, 0.15) is 0 Å². The van der Waals surface area contributed by atoms with Crippen LogP contribution in [0.15, 0.2) is 60.7 Å². The Balaban J connectivity index is 2.34. The minimum Gasteiger partial charge on any atom is -0.360 e. The quantitative estimate of drug-likeness (QED) is 0.285. The number of nitrogens with zero attached hydrogens (tertiary/aromatic N) is 2. The van der Waals surface area contributed by atoms with Crippen molar-refractivity contribution in [2.24, 2.45) is 0 Å². The maximum atomic E-state index is 12.2. The van der Waals surface area contributed by atoms with Crippen molar-refractivity contribution >= 4 is 20.7 Å². The molecule has 0 aliphatic rings. The SMILES string of the molecule is [N-]=[N+]=C(C(=O)c1ccccc1)S(=O)(=O)Cc1ccccc1. The Labute approximate surface area is 122 Å². The third-order valence-corrected chi connectivity index (χ3v) is 4.38. The summed E-state index contributed by atoms with van der Waals surface area (Å²) in [4.78, 5) is 14.9. The van der Waals surface area contributed by atoms with Crippen LogP contribution in [0.4, 0.5) is 0 Å². The number of carbonyl (C=O) groups excluding carboxylic acids is 1. The monoisotopic (exact) mass is 300 g/mol. The Morgan fingerprint density at radius 2 is 1.48 bits per heavy atom. The highest BCUT2D eigenvalue weighted by Gasteiger charge is 2.36. The molecule has 0 amide bonds. The fourth-order valence-corrected chi connectivity index (χ4v) is 3.12. The molecule has 5 nitrogen and oxygen atoms in total. The fourth-order valence-electron chi connectivity index (χ4n) is 1.82. The second-order valence-corrected chi connectivity index (χ2v) is 6.25. The summed E-state index contributed by atoms with van der Waals surface area (Å²) in [5.41, 5.74) is 9.63. The van der Waals surface area contributed by atoms with E-state index in [1.54, 1.807) is 48.5 Å². The zero-order valence-corrected chi connectivity index (χ0v) is 11.8. The van der Waals surface area contributed by atoms with Gasteiger partial charge in [-0.2, -0.15) is 0 Å². The third-order valence-electron chi connectivity index (χ3n) is 2.82. The van der Waals surface area contributed by atoms with Crippen LogP contribution in [0.5, 0.6) is 0 Å². The van der Waals surface area contributed by atoms with Gasteiger partial charge < -0.3 is 5.53 Å². The minimum atomic E-state index is -4.02. The highest BCUT2D eigenvalue weighted by molar-refractivity contribution is 8.07. The average molecular weight is 300 g/mol. The van der Waals surface area contributed by atoms with Gasteiger partial charge in [-0.15, -0.1) is 4.79 Å². The van der Waals surface area contributed by atoms with Crippen LogP contribution in [0.3, 0.4) is 0 Å². The van der Waals surface area contributed by atoms with Crippen molar-refractivity contribution in [2.45, 2.75) is 5.75 Å². The van der Waals surface area contributed by atoms with Crippen molar-refractivity contribution in [3.63, 3.8) is 0 Å². The van der Waals surface area contributed by atoms with E-state index in [1.807, 2.05) is 0 Å². The summed E-state index contributed by atoms with van der Waals surface area (Å²) in [5.74, 6) is -1.22. The van der Waals surface area contributed by atoms with E-state index < -0.39 is 26.4 Å². The molecule has 2 aromatic carbocycles. The van der Waals surface area contributed by atoms with Crippen LogP contribution in [0.25, 0.3) is 5.53 Å². The molecule has 0 N–H and O–H groups in total. The van der Waals surface area contributed by atoms with E-state index in [-0.39, 0.29) is 5.56 Å². The number of benzene rings is 2. The van der Waals surface area contributed by atoms with Gasteiger partial charge >= 0.3 is 5.04 Å². The lowest BCUT2D eigenvalue weighted by atomic mass is 10.1. The summed E-state index contributed by atoms with van der Waals surface area (Å²) < 4.78 is 24.5. The van der Waals surface area contributed by atoms with Gasteiger partial charge in [0.2, 0.25) is 0 Å². The van der Waals surface area contributed by atoms with Crippen molar-refractivity contribution in [3.05, 3.63) is 77.3 Å². The minimum absolute atomic E-state index is 0.155. The summed E-state index contributed by atoms with van der Waals surface area (Å²) in [5, 5.41) is -0.849. The Morgan fingerprint density at radius 1 is 0.952 bits per heavy atom. The van der Waals surface area contributed by atoms with E-state index in [9.17, 15) is 13.2 Å². The molecule has 21 heavy (non-hydrogen) atoms. The van der Waals surface area contributed by atoms with Crippen molar-refractivity contribution in [1.29, 1.82) is 0 Å². The molecule has 2 aromatic rings. The molecule has 0 aromatic heterocycles. The Bertz CT molecular complexity index is 793. The van der Waals surface area contributed by atoms with E-state index in [1.165, 1.54) is 12.1 Å². The molecule has 0 radical (unpaired) electrons. The summed E-state index contributed by atoms with van der Waals surface area (Å²) in [6, 6.07) is 16.2. The van der Waals surface area contributed by atoms with Crippen LogP contribution < -0.4 is 0 Å². The van der Waals surface area contributed by atoms with Gasteiger partial charge in [0, 0.05) is 5.56 Å². The summed E-state index contributed by atoms with van der Waals surface area (Å²) in [6.07, 6.45) is 0. The molecule has 0 spiro atoms. The molecule has 0 saturated heterocycles. The van der Waals surface area contributed by atoms with Gasteiger partial charge in [0.25, 0.3) is 15.6 Å². The van der Waals surface area contributed by atoms with Crippen LogP contribution in [0.2, 0.25) is 0 Å². The molecule has 0 aliphatic carbocycles. The van der Waals surface area contributed by atoms with Crippen LogP contribution in [-0.2, 0) is 15.6 Å². The first-order valence-corrected chi connectivity index (χ1v) is 7.78. The van der Waals surface area contributed by atoms with Gasteiger partial charge in [0.15, 0.2) is 0 Å². The highest BCUT2D eigenvalue weighted by atomic mass is 32.2.